The van der Waals surface area contributed by atoms with Crippen LogP contribution in [-0.4, -0.2) is 11.5 Å². The van der Waals surface area contributed by atoms with Gasteiger partial charge in [-0.1, -0.05) is 20.8 Å². The number of pyridine rings is 1. The Morgan fingerprint density at radius 3 is 2.67 bits per heavy atom. The Balaban J connectivity index is 2.04. The van der Waals surface area contributed by atoms with E-state index >= 15 is 0 Å². The lowest BCUT2D eigenvalue weighted by molar-refractivity contribution is 0.0149. The highest BCUT2D eigenvalue weighted by Gasteiger charge is 2.45. The van der Waals surface area contributed by atoms with E-state index < -0.39 is 0 Å². The fraction of sp³-hybridized carbons (Fsp3) is 0.571. The summed E-state index contributed by atoms with van der Waals surface area (Å²) in [6, 6.07) is 3.91. The van der Waals surface area contributed by atoms with Gasteiger partial charge in [-0.05, 0) is 29.7 Å². The quantitative estimate of drug-likeness (QED) is 0.857. The van der Waals surface area contributed by atoms with Crippen molar-refractivity contribution in [3.05, 3.63) is 17.8 Å². The lowest BCUT2D eigenvalue weighted by atomic mass is 9.55. The number of nitriles is 1. The number of anilines is 2. The van der Waals surface area contributed by atoms with Crippen molar-refractivity contribution in [3.8, 4) is 6.07 Å². The molecule has 1 saturated carbocycles. The molecule has 1 fully saturated rings. The Kier molecular flexibility index (Phi) is 2.94. The second kappa shape index (κ2) is 4.16. The van der Waals surface area contributed by atoms with Crippen molar-refractivity contribution in [2.45, 2.75) is 33.6 Å². The molecule has 2 rings (SSSR count). The molecule has 0 amide bonds. The molecule has 0 bridgehead atoms. The molecule has 3 N–H and O–H groups in total. The number of nitrogens with two attached hydrogens (primary N) is 1. The van der Waals surface area contributed by atoms with Gasteiger partial charge >= 0.3 is 0 Å². The molecule has 0 saturated heterocycles. The molecule has 0 radical (unpaired) electrons. The molecule has 0 unspecified atom stereocenters. The van der Waals surface area contributed by atoms with Gasteiger partial charge in [-0.3, -0.25) is 0 Å². The average Bonchev–Trinajstić information content (AvgIpc) is 2.23. The van der Waals surface area contributed by atoms with E-state index in [1.807, 2.05) is 6.07 Å². The van der Waals surface area contributed by atoms with E-state index in [0.717, 1.165) is 12.2 Å². The van der Waals surface area contributed by atoms with Crippen LogP contribution in [0.15, 0.2) is 12.3 Å². The predicted octanol–water partition coefficient (Wildman–Crippen LogP) is 2.77. The molecule has 4 nitrogen and oxygen atoms in total. The minimum Gasteiger partial charge on any atom is -0.383 e. The highest BCUT2D eigenvalue weighted by atomic mass is 14.9. The van der Waals surface area contributed by atoms with Gasteiger partial charge in [0.05, 0.1) is 5.69 Å². The largest absolute Gasteiger partial charge is 0.383 e. The Hall–Kier alpha value is -1.76. The van der Waals surface area contributed by atoms with Gasteiger partial charge in [0.2, 0.25) is 0 Å². The minimum absolute atomic E-state index is 0.293. The topological polar surface area (TPSA) is 74.7 Å². The standard InChI is InChI=1S/C14H20N4/c1-13(2)7-14(3,8-13)9-18-11-4-5-17-12(16)10(11)6-15/h4-5H,7-9H2,1-3H3,(H3,16,17,18). The highest BCUT2D eigenvalue weighted by molar-refractivity contribution is 5.66. The van der Waals surface area contributed by atoms with Crippen LogP contribution in [0.3, 0.4) is 0 Å². The average molecular weight is 244 g/mol. The fourth-order valence-electron chi connectivity index (χ4n) is 3.44. The maximum Gasteiger partial charge on any atom is 0.143 e. The van der Waals surface area contributed by atoms with E-state index in [9.17, 15) is 0 Å². The van der Waals surface area contributed by atoms with Crippen LogP contribution >= 0.6 is 0 Å². The molecule has 1 aliphatic carbocycles. The monoisotopic (exact) mass is 244 g/mol. The predicted molar refractivity (Wildman–Crippen MR) is 73.0 cm³/mol. The highest BCUT2D eigenvalue weighted by Crippen LogP contribution is 2.53. The Morgan fingerprint density at radius 1 is 1.44 bits per heavy atom. The molecule has 1 aliphatic rings. The first kappa shape index (κ1) is 12.7. The van der Waals surface area contributed by atoms with Crippen LogP contribution in [0.5, 0.6) is 0 Å². The second-order valence-electron chi connectivity index (χ2n) is 6.41. The van der Waals surface area contributed by atoms with Crippen LogP contribution < -0.4 is 11.1 Å². The summed E-state index contributed by atoms with van der Waals surface area (Å²) in [6.07, 6.45) is 4.04. The van der Waals surface area contributed by atoms with E-state index in [2.05, 4.69) is 37.1 Å². The summed E-state index contributed by atoms with van der Waals surface area (Å²) in [7, 11) is 0. The van der Waals surface area contributed by atoms with Crippen molar-refractivity contribution < 1.29 is 0 Å². The van der Waals surface area contributed by atoms with Gasteiger partial charge in [-0.25, -0.2) is 4.98 Å². The first-order chi connectivity index (χ1) is 8.35. The minimum atomic E-state index is 0.293. The first-order valence-corrected chi connectivity index (χ1v) is 6.24. The van der Waals surface area contributed by atoms with E-state index in [-0.39, 0.29) is 0 Å². The van der Waals surface area contributed by atoms with E-state index in [0.29, 0.717) is 22.2 Å². The molecular formula is C14H20N4. The summed E-state index contributed by atoms with van der Waals surface area (Å²) in [5.41, 5.74) is 7.68. The van der Waals surface area contributed by atoms with Crippen LogP contribution in [0.25, 0.3) is 0 Å². The first-order valence-electron chi connectivity index (χ1n) is 6.24. The van der Waals surface area contributed by atoms with Crippen molar-refractivity contribution in [2.75, 3.05) is 17.6 Å². The molecular weight excluding hydrogens is 224 g/mol. The summed E-state index contributed by atoms with van der Waals surface area (Å²) in [5, 5.41) is 12.4. The van der Waals surface area contributed by atoms with Gasteiger partial charge in [-0.2, -0.15) is 5.26 Å². The lowest BCUT2D eigenvalue weighted by Crippen LogP contribution is -2.45. The van der Waals surface area contributed by atoms with Crippen LogP contribution in [0.2, 0.25) is 0 Å². The summed E-state index contributed by atoms with van der Waals surface area (Å²) in [5.74, 6) is 0.293. The number of nitrogens with one attached hydrogen (secondary N) is 1. The Labute approximate surface area is 108 Å². The summed E-state index contributed by atoms with van der Waals surface area (Å²) >= 11 is 0. The van der Waals surface area contributed by atoms with Gasteiger partial charge in [0.1, 0.15) is 17.5 Å². The van der Waals surface area contributed by atoms with Crippen molar-refractivity contribution in [1.29, 1.82) is 5.26 Å². The number of hydrogen-bond donors (Lipinski definition) is 2. The van der Waals surface area contributed by atoms with Crippen LogP contribution in [0.1, 0.15) is 39.2 Å². The van der Waals surface area contributed by atoms with E-state index in [1.165, 1.54) is 12.8 Å². The molecule has 96 valence electrons. The van der Waals surface area contributed by atoms with Crippen molar-refractivity contribution >= 4 is 11.5 Å². The fourth-order valence-corrected chi connectivity index (χ4v) is 3.44. The molecule has 0 spiro atoms. The Morgan fingerprint density at radius 2 is 2.11 bits per heavy atom. The maximum absolute atomic E-state index is 9.07. The van der Waals surface area contributed by atoms with E-state index in [4.69, 9.17) is 11.0 Å². The third-order valence-corrected chi connectivity index (χ3v) is 3.61. The molecule has 0 atom stereocenters. The number of nitrogen functional groups attached to an aromatic ring is 1. The third-order valence-electron chi connectivity index (χ3n) is 3.61. The molecule has 1 heterocycles. The molecule has 1 aromatic rings. The van der Waals surface area contributed by atoms with Gasteiger partial charge < -0.3 is 11.1 Å². The molecule has 4 heteroatoms. The molecule has 0 aromatic carbocycles. The van der Waals surface area contributed by atoms with Gasteiger partial charge in [0.25, 0.3) is 0 Å². The maximum atomic E-state index is 9.07. The lowest BCUT2D eigenvalue weighted by Gasteiger charge is -2.51. The summed E-state index contributed by atoms with van der Waals surface area (Å²) < 4.78 is 0. The normalized spacial score (nSPS) is 19.7. The van der Waals surface area contributed by atoms with Crippen molar-refractivity contribution in [1.82, 2.24) is 4.98 Å². The summed E-state index contributed by atoms with van der Waals surface area (Å²) in [6.45, 7) is 7.73. The smallest absolute Gasteiger partial charge is 0.143 e. The van der Waals surface area contributed by atoms with Crippen LogP contribution in [0, 0.1) is 22.2 Å². The van der Waals surface area contributed by atoms with Crippen LogP contribution in [0.4, 0.5) is 11.5 Å². The van der Waals surface area contributed by atoms with E-state index in [1.54, 1.807) is 6.20 Å². The molecule has 18 heavy (non-hydrogen) atoms. The SMILES string of the molecule is CC1(C)CC(C)(CNc2ccnc(N)c2C#N)C1. The molecule has 1 aromatic heterocycles. The Bertz CT molecular complexity index is 491. The van der Waals surface area contributed by atoms with Gasteiger partial charge in [0, 0.05) is 12.7 Å². The number of aromatic nitrogens is 1. The third kappa shape index (κ3) is 2.40. The zero-order valence-electron chi connectivity index (χ0n) is 11.2. The number of hydrogen-bond acceptors (Lipinski definition) is 4. The van der Waals surface area contributed by atoms with Crippen molar-refractivity contribution in [2.24, 2.45) is 10.8 Å². The van der Waals surface area contributed by atoms with Crippen molar-refractivity contribution in [3.63, 3.8) is 0 Å². The van der Waals surface area contributed by atoms with Crippen LogP contribution in [-0.2, 0) is 0 Å². The number of rotatable bonds is 3. The number of nitrogens with zero attached hydrogens (tertiary/aromatic N) is 2. The molecule has 0 aliphatic heterocycles. The zero-order valence-corrected chi connectivity index (χ0v) is 11.2. The van der Waals surface area contributed by atoms with Gasteiger partial charge in [0.15, 0.2) is 0 Å². The second-order valence-corrected chi connectivity index (χ2v) is 6.41. The summed E-state index contributed by atoms with van der Waals surface area (Å²) in [4.78, 5) is 3.93. The van der Waals surface area contributed by atoms with Gasteiger partial charge in [-0.15, -0.1) is 0 Å². The zero-order chi connectivity index (χ0) is 13.4.